The highest BCUT2D eigenvalue weighted by Crippen LogP contribution is 2.46. The van der Waals surface area contributed by atoms with Gasteiger partial charge in [0, 0.05) is 50.7 Å². The van der Waals surface area contributed by atoms with Crippen LogP contribution in [0.15, 0.2) is 59.8 Å². The molecule has 10 nitrogen and oxygen atoms in total. The lowest BCUT2D eigenvalue weighted by molar-refractivity contribution is -0.139. The maximum Gasteiger partial charge on any atom is 0.418 e. The standard InChI is InChI=1S/C43H53F3N6O4S/c1-26-20-34-35(47-40(57-9)49-39(34)50(6)30-18-19-51(25-30)41(53)56-42(3,4)5)22-33(26)38-37(43(44,45)46)27(2)21-36(48-38)52(23-28-10-14-31(54-7)15-11-28)24-29-12-16-32(55-8)17-13-29/h10-17,21,26,30,33H,18-20,22-25H2,1-9H3/t26?,30-,33?/m1/s1. The molecule has 1 aliphatic heterocycles. The molecule has 0 N–H and O–H groups in total. The molecule has 6 rings (SSSR count). The summed E-state index contributed by atoms with van der Waals surface area (Å²) in [7, 11) is 5.19. The van der Waals surface area contributed by atoms with E-state index >= 15 is 13.2 Å². The lowest BCUT2D eigenvalue weighted by Crippen LogP contribution is -2.40. The molecule has 0 spiro atoms. The van der Waals surface area contributed by atoms with E-state index in [1.54, 1.807) is 25.2 Å². The zero-order valence-electron chi connectivity index (χ0n) is 34.2. The molecule has 306 valence electrons. The zero-order chi connectivity index (χ0) is 41.2. The molecule has 4 aromatic rings. The first-order chi connectivity index (χ1) is 27.0. The Labute approximate surface area is 338 Å². The molecule has 2 aromatic heterocycles. The topological polar surface area (TPSA) is 93.2 Å². The molecule has 1 aliphatic carbocycles. The van der Waals surface area contributed by atoms with Gasteiger partial charge >= 0.3 is 12.3 Å². The van der Waals surface area contributed by atoms with Crippen molar-refractivity contribution in [1.82, 2.24) is 19.9 Å². The summed E-state index contributed by atoms with van der Waals surface area (Å²) >= 11 is 1.40. The van der Waals surface area contributed by atoms with Gasteiger partial charge in [-0.1, -0.05) is 43.0 Å². The number of aryl methyl sites for hydroxylation is 1. The van der Waals surface area contributed by atoms with Crippen molar-refractivity contribution in [1.29, 1.82) is 0 Å². The van der Waals surface area contributed by atoms with E-state index in [0.29, 0.717) is 55.1 Å². The Morgan fingerprint density at radius 1 is 0.930 bits per heavy atom. The second-order valence-corrected chi connectivity index (χ2v) is 16.8. The molecule has 1 saturated heterocycles. The van der Waals surface area contributed by atoms with Gasteiger partial charge in [-0.2, -0.15) is 13.2 Å². The van der Waals surface area contributed by atoms with E-state index < -0.39 is 23.3 Å². The van der Waals surface area contributed by atoms with Crippen LogP contribution in [0.4, 0.5) is 29.6 Å². The molecule has 3 heterocycles. The van der Waals surface area contributed by atoms with E-state index in [1.165, 1.54) is 18.7 Å². The fraction of sp³-hybridized carbons (Fsp3) is 0.488. The summed E-state index contributed by atoms with van der Waals surface area (Å²) in [5.74, 6) is 1.87. The van der Waals surface area contributed by atoms with Crippen molar-refractivity contribution < 1.29 is 32.2 Å². The van der Waals surface area contributed by atoms with E-state index in [-0.39, 0.29) is 35.7 Å². The number of thioether (sulfide) groups is 1. The number of carbonyl (C=O) groups is 1. The molecule has 2 aromatic carbocycles. The Kier molecular flexibility index (Phi) is 12.5. The predicted octanol–water partition coefficient (Wildman–Crippen LogP) is 9.11. The number of methoxy groups -OCH3 is 2. The van der Waals surface area contributed by atoms with Gasteiger partial charge in [-0.05, 0) is 106 Å². The summed E-state index contributed by atoms with van der Waals surface area (Å²) < 4.78 is 61.8. The number of likely N-dealkylation sites (tertiary alicyclic amines) is 1. The number of fused-ring (bicyclic) bond motifs is 1. The number of carbonyl (C=O) groups excluding carboxylic acids is 1. The molecule has 14 heteroatoms. The van der Waals surface area contributed by atoms with Crippen molar-refractivity contribution in [3.05, 3.63) is 93.8 Å². The molecular formula is C43H53F3N6O4S. The lowest BCUT2D eigenvalue weighted by Gasteiger charge is -2.36. The number of halogens is 3. The number of pyridine rings is 1. The van der Waals surface area contributed by atoms with Crippen LogP contribution in [-0.4, -0.2) is 78.2 Å². The normalized spacial score (nSPS) is 18.2. The fourth-order valence-corrected chi connectivity index (χ4v) is 8.20. The zero-order valence-corrected chi connectivity index (χ0v) is 35.1. The number of benzene rings is 2. The molecule has 0 saturated carbocycles. The van der Waals surface area contributed by atoms with Crippen LogP contribution < -0.4 is 19.3 Å². The van der Waals surface area contributed by atoms with Crippen LogP contribution in [0.5, 0.6) is 11.5 Å². The van der Waals surface area contributed by atoms with E-state index in [2.05, 4.69) is 4.90 Å². The number of amides is 1. The third kappa shape index (κ3) is 9.70. The van der Waals surface area contributed by atoms with Crippen molar-refractivity contribution in [3.8, 4) is 11.5 Å². The summed E-state index contributed by atoms with van der Waals surface area (Å²) in [6.07, 6.45) is -1.59. The largest absolute Gasteiger partial charge is 0.497 e. The first-order valence-corrected chi connectivity index (χ1v) is 20.4. The summed E-state index contributed by atoms with van der Waals surface area (Å²) in [4.78, 5) is 33.6. The second-order valence-electron chi connectivity index (χ2n) is 16.0. The highest BCUT2D eigenvalue weighted by molar-refractivity contribution is 7.98. The van der Waals surface area contributed by atoms with Gasteiger partial charge in [-0.25, -0.2) is 19.7 Å². The van der Waals surface area contributed by atoms with Gasteiger partial charge in [0.05, 0.1) is 31.2 Å². The van der Waals surface area contributed by atoms with E-state index in [9.17, 15) is 4.79 Å². The molecule has 1 fully saturated rings. The number of aromatic nitrogens is 3. The summed E-state index contributed by atoms with van der Waals surface area (Å²) in [5, 5.41) is 0.546. The number of alkyl halides is 3. The average molecular weight is 807 g/mol. The number of rotatable bonds is 11. The SMILES string of the molecule is COc1ccc(CN(Cc2ccc(OC)cc2)c2cc(C)c(C(F)(F)F)c(C3Cc4nc(SC)nc(N(C)[C@@H]5CCN(C(=O)OC(C)(C)C)C5)c4CC3C)n2)cc1. The maximum absolute atomic E-state index is 15.1. The van der Waals surface area contributed by atoms with E-state index in [4.69, 9.17) is 29.2 Å². The van der Waals surface area contributed by atoms with Crippen LogP contribution in [0.2, 0.25) is 0 Å². The molecular weight excluding hydrogens is 754 g/mol. The van der Waals surface area contributed by atoms with Crippen LogP contribution in [0.25, 0.3) is 0 Å². The smallest absolute Gasteiger partial charge is 0.418 e. The Hall–Kier alpha value is -4.72. The first kappa shape index (κ1) is 41.9. The molecule has 0 radical (unpaired) electrons. The second kappa shape index (κ2) is 17.0. The summed E-state index contributed by atoms with van der Waals surface area (Å²) in [6.45, 7) is 10.9. The Morgan fingerprint density at radius 2 is 1.53 bits per heavy atom. The quantitative estimate of drug-likeness (QED) is 0.108. The number of hydrogen-bond acceptors (Lipinski definition) is 10. The van der Waals surface area contributed by atoms with Gasteiger partial charge in [-0.3, -0.25) is 0 Å². The third-order valence-electron chi connectivity index (χ3n) is 10.8. The minimum absolute atomic E-state index is 0.0144. The molecule has 2 unspecified atom stereocenters. The van der Waals surface area contributed by atoms with Gasteiger partial charge in [0.15, 0.2) is 5.16 Å². The van der Waals surface area contributed by atoms with Crippen molar-refractivity contribution in [2.75, 3.05) is 50.4 Å². The van der Waals surface area contributed by atoms with Crippen LogP contribution >= 0.6 is 11.8 Å². The van der Waals surface area contributed by atoms with Gasteiger partial charge in [-0.15, -0.1) is 0 Å². The predicted molar refractivity (Wildman–Crippen MR) is 218 cm³/mol. The van der Waals surface area contributed by atoms with Gasteiger partial charge in [0.1, 0.15) is 28.7 Å². The Balaban J connectivity index is 1.37. The monoisotopic (exact) mass is 806 g/mol. The van der Waals surface area contributed by atoms with Gasteiger partial charge < -0.3 is 28.9 Å². The van der Waals surface area contributed by atoms with Gasteiger partial charge in [0.25, 0.3) is 0 Å². The molecule has 1 amide bonds. The minimum atomic E-state index is -4.62. The highest BCUT2D eigenvalue weighted by atomic mass is 32.2. The van der Waals surface area contributed by atoms with E-state index in [1.807, 2.05) is 94.4 Å². The van der Waals surface area contributed by atoms with E-state index in [0.717, 1.165) is 34.6 Å². The molecule has 3 atom stereocenters. The maximum atomic E-state index is 15.1. The van der Waals surface area contributed by atoms with Crippen LogP contribution in [-0.2, 0) is 36.8 Å². The number of ether oxygens (including phenoxy) is 3. The van der Waals surface area contributed by atoms with Crippen LogP contribution in [0.3, 0.4) is 0 Å². The number of nitrogens with zero attached hydrogens (tertiary/aromatic N) is 6. The molecule has 57 heavy (non-hydrogen) atoms. The lowest BCUT2D eigenvalue weighted by atomic mass is 9.75. The fourth-order valence-electron chi connectivity index (χ4n) is 7.82. The Morgan fingerprint density at radius 3 is 2.05 bits per heavy atom. The Bertz CT molecular complexity index is 1990. The first-order valence-electron chi connectivity index (χ1n) is 19.2. The number of anilines is 2. The summed E-state index contributed by atoms with van der Waals surface area (Å²) in [6, 6.07) is 16.9. The summed E-state index contributed by atoms with van der Waals surface area (Å²) in [5.41, 5.74) is 2.44. The van der Waals surface area contributed by atoms with Crippen molar-refractivity contribution in [3.63, 3.8) is 0 Å². The highest BCUT2D eigenvalue weighted by Gasteiger charge is 2.43. The third-order valence-corrected chi connectivity index (χ3v) is 11.4. The number of hydrogen-bond donors (Lipinski definition) is 0. The molecule has 0 bridgehead atoms. The van der Waals surface area contributed by atoms with Crippen LogP contribution in [0.1, 0.15) is 79.2 Å². The van der Waals surface area contributed by atoms with Crippen LogP contribution in [0, 0.1) is 12.8 Å². The van der Waals surface area contributed by atoms with Crippen molar-refractivity contribution >= 4 is 29.5 Å². The van der Waals surface area contributed by atoms with Crippen molar-refractivity contribution in [2.24, 2.45) is 5.92 Å². The van der Waals surface area contributed by atoms with Gasteiger partial charge in [0.2, 0.25) is 0 Å². The van der Waals surface area contributed by atoms with Crippen molar-refractivity contribution in [2.45, 2.75) is 95.9 Å². The molecule has 2 aliphatic rings. The minimum Gasteiger partial charge on any atom is -0.497 e. The average Bonchev–Trinajstić information content (AvgIpc) is 3.67. The number of likely N-dealkylation sites (N-methyl/N-ethyl adjacent to an activating group) is 1.